The van der Waals surface area contributed by atoms with Crippen LogP contribution in [0.5, 0.6) is 0 Å². The summed E-state index contributed by atoms with van der Waals surface area (Å²) in [4.78, 5) is 7.97. The summed E-state index contributed by atoms with van der Waals surface area (Å²) in [5.74, 6) is 0.528. The third-order valence-corrected chi connectivity index (χ3v) is 4.30. The number of piperidine rings is 1. The Morgan fingerprint density at radius 3 is 3.18 bits per heavy atom. The zero-order chi connectivity index (χ0) is 11.8. The first-order valence-electron chi connectivity index (χ1n) is 5.99. The highest BCUT2D eigenvalue weighted by atomic mass is 32.1. The molecule has 3 heterocycles. The van der Waals surface area contributed by atoms with Crippen LogP contribution in [0.2, 0.25) is 0 Å². The van der Waals surface area contributed by atoms with Crippen molar-refractivity contribution in [2.75, 3.05) is 20.1 Å². The van der Waals surface area contributed by atoms with Crippen LogP contribution in [0, 0.1) is 0 Å². The quantitative estimate of drug-likeness (QED) is 0.838. The molecule has 3 rings (SSSR count). The minimum atomic E-state index is 0.289. The lowest BCUT2D eigenvalue weighted by molar-refractivity contribution is 0.227. The molecule has 4 heteroatoms. The minimum Gasteiger partial charge on any atom is -0.327 e. The van der Waals surface area contributed by atoms with Crippen LogP contribution in [0.25, 0.3) is 10.2 Å². The molecule has 0 aliphatic carbocycles. The molecule has 2 unspecified atom stereocenters. The van der Waals surface area contributed by atoms with Crippen LogP contribution < -0.4 is 5.73 Å². The van der Waals surface area contributed by atoms with Crippen molar-refractivity contribution in [3.63, 3.8) is 0 Å². The lowest BCUT2D eigenvalue weighted by Crippen LogP contribution is -2.44. The number of hydrogen-bond donors (Lipinski definition) is 1. The molecule has 1 aliphatic heterocycles. The fourth-order valence-electron chi connectivity index (χ4n) is 2.71. The second-order valence-corrected chi connectivity index (χ2v) is 5.89. The summed E-state index contributed by atoms with van der Waals surface area (Å²) in [6.07, 6.45) is 3.09. The molecule has 0 radical (unpaired) electrons. The maximum atomic E-state index is 6.09. The molecular weight excluding hydrogens is 230 g/mol. The van der Waals surface area contributed by atoms with Gasteiger partial charge in [-0.1, -0.05) is 0 Å². The average molecular weight is 247 g/mol. The van der Waals surface area contributed by atoms with E-state index in [1.807, 2.05) is 6.20 Å². The summed E-state index contributed by atoms with van der Waals surface area (Å²) in [5.41, 5.74) is 7.42. The molecule has 17 heavy (non-hydrogen) atoms. The SMILES string of the molecule is CN1CC(N)CC(c2cnc3sccc3c2)C1. The van der Waals surface area contributed by atoms with E-state index in [9.17, 15) is 0 Å². The van der Waals surface area contributed by atoms with Crippen LogP contribution in [0.4, 0.5) is 0 Å². The van der Waals surface area contributed by atoms with Crippen LogP contribution in [0.15, 0.2) is 23.7 Å². The largest absolute Gasteiger partial charge is 0.327 e. The van der Waals surface area contributed by atoms with E-state index in [1.54, 1.807) is 11.3 Å². The highest BCUT2D eigenvalue weighted by molar-refractivity contribution is 7.16. The molecule has 3 nitrogen and oxygen atoms in total. The van der Waals surface area contributed by atoms with E-state index in [2.05, 4.69) is 34.4 Å². The van der Waals surface area contributed by atoms with Gasteiger partial charge in [0, 0.05) is 30.7 Å². The number of thiophene rings is 1. The Morgan fingerprint density at radius 1 is 1.47 bits per heavy atom. The first kappa shape index (κ1) is 11.1. The van der Waals surface area contributed by atoms with Crippen molar-refractivity contribution in [3.8, 4) is 0 Å². The highest BCUT2D eigenvalue weighted by Gasteiger charge is 2.24. The molecule has 90 valence electrons. The van der Waals surface area contributed by atoms with Crippen molar-refractivity contribution >= 4 is 21.6 Å². The van der Waals surface area contributed by atoms with Crippen LogP contribution in [-0.2, 0) is 0 Å². The molecule has 2 N–H and O–H groups in total. The van der Waals surface area contributed by atoms with Gasteiger partial charge in [-0.2, -0.15) is 0 Å². The summed E-state index contributed by atoms with van der Waals surface area (Å²) < 4.78 is 0. The van der Waals surface area contributed by atoms with E-state index in [-0.39, 0.29) is 6.04 Å². The predicted octanol–water partition coefficient (Wildman–Crippen LogP) is 2.04. The lowest BCUT2D eigenvalue weighted by atomic mass is 9.89. The molecule has 2 aromatic heterocycles. The van der Waals surface area contributed by atoms with Gasteiger partial charge in [-0.05, 0) is 42.5 Å². The summed E-state index contributed by atoms with van der Waals surface area (Å²) in [5, 5.41) is 3.36. The molecule has 0 saturated carbocycles. The van der Waals surface area contributed by atoms with Gasteiger partial charge in [-0.25, -0.2) is 4.98 Å². The van der Waals surface area contributed by atoms with Crippen LogP contribution in [-0.4, -0.2) is 36.1 Å². The lowest BCUT2D eigenvalue weighted by Gasteiger charge is -2.33. The van der Waals surface area contributed by atoms with Gasteiger partial charge < -0.3 is 10.6 Å². The van der Waals surface area contributed by atoms with E-state index in [4.69, 9.17) is 5.73 Å². The number of nitrogens with two attached hydrogens (primary N) is 1. The van der Waals surface area contributed by atoms with E-state index < -0.39 is 0 Å². The van der Waals surface area contributed by atoms with E-state index in [1.165, 1.54) is 10.9 Å². The van der Waals surface area contributed by atoms with Crippen molar-refractivity contribution in [2.45, 2.75) is 18.4 Å². The van der Waals surface area contributed by atoms with Crippen LogP contribution in [0.3, 0.4) is 0 Å². The van der Waals surface area contributed by atoms with Crippen LogP contribution in [0.1, 0.15) is 17.9 Å². The monoisotopic (exact) mass is 247 g/mol. The predicted molar refractivity (Wildman–Crippen MR) is 72.5 cm³/mol. The number of likely N-dealkylation sites (N-methyl/N-ethyl adjacent to an activating group) is 1. The van der Waals surface area contributed by atoms with Gasteiger partial charge >= 0.3 is 0 Å². The molecule has 0 bridgehead atoms. The van der Waals surface area contributed by atoms with Crippen molar-refractivity contribution in [1.29, 1.82) is 0 Å². The molecule has 0 spiro atoms. The second kappa shape index (κ2) is 4.37. The van der Waals surface area contributed by atoms with Gasteiger partial charge in [-0.15, -0.1) is 11.3 Å². The first-order valence-corrected chi connectivity index (χ1v) is 6.87. The van der Waals surface area contributed by atoms with Gasteiger partial charge in [-0.3, -0.25) is 0 Å². The molecule has 1 fully saturated rings. The van der Waals surface area contributed by atoms with E-state index >= 15 is 0 Å². The third-order valence-electron chi connectivity index (χ3n) is 3.46. The average Bonchev–Trinajstić information content (AvgIpc) is 2.74. The smallest absolute Gasteiger partial charge is 0.123 e. The Bertz CT molecular complexity index is 512. The number of pyridine rings is 1. The van der Waals surface area contributed by atoms with Crippen molar-refractivity contribution in [2.24, 2.45) is 5.73 Å². The van der Waals surface area contributed by atoms with E-state index in [0.717, 1.165) is 24.3 Å². The molecule has 1 aliphatic rings. The maximum Gasteiger partial charge on any atom is 0.123 e. The zero-order valence-corrected chi connectivity index (χ0v) is 10.8. The highest BCUT2D eigenvalue weighted by Crippen LogP contribution is 2.28. The zero-order valence-electron chi connectivity index (χ0n) is 9.97. The van der Waals surface area contributed by atoms with Gasteiger partial charge in [0.15, 0.2) is 0 Å². The Hall–Kier alpha value is -0.970. The molecular formula is C13H17N3S. The topological polar surface area (TPSA) is 42.1 Å². The van der Waals surface area contributed by atoms with Gasteiger partial charge in [0.25, 0.3) is 0 Å². The molecule has 0 amide bonds. The number of fused-ring (bicyclic) bond motifs is 1. The number of nitrogens with zero attached hydrogens (tertiary/aromatic N) is 2. The fourth-order valence-corrected chi connectivity index (χ4v) is 3.43. The van der Waals surface area contributed by atoms with Crippen molar-refractivity contribution < 1.29 is 0 Å². The number of rotatable bonds is 1. The van der Waals surface area contributed by atoms with Gasteiger partial charge in [0.2, 0.25) is 0 Å². The fraction of sp³-hybridized carbons (Fsp3) is 0.462. The summed E-state index contributed by atoms with van der Waals surface area (Å²) in [6, 6.07) is 4.70. The maximum absolute atomic E-state index is 6.09. The standard InChI is InChI=1S/C13H17N3S/c1-16-7-11(5-12(14)8-16)10-4-9-2-3-17-13(9)15-6-10/h2-4,6,11-12H,5,7-8,14H2,1H3. The number of hydrogen-bond acceptors (Lipinski definition) is 4. The minimum absolute atomic E-state index is 0.289. The number of likely N-dealkylation sites (tertiary alicyclic amines) is 1. The Morgan fingerprint density at radius 2 is 2.35 bits per heavy atom. The Balaban J connectivity index is 1.91. The Labute approximate surface area is 105 Å². The number of aromatic nitrogens is 1. The molecule has 2 aromatic rings. The van der Waals surface area contributed by atoms with Gasteiger partial charge in [0.05, 0.1) is 0 Å². The molecule has 0 aromatic carbocycles. The van der Waals surface area contributed by atoms with E-state index in [0.29, 0.717) is 5.92 Å². The normalized spacial score (nSPS) is 26.5. The van der Waals surface area contributed by atoms with Crippen molar-refractivity contribution in [3.05, 3.63) is 29.3 Å². The first-order chi connectivity index (χ1) is 8.22. The summed E-state index contributed by atoms with van der Waals surface area (Å²) in [6.45, 7) is 2.09. The molecule has 2 atom stereocenters. The van der Waals surface area contributed by atoms with Crippen LogP contribution >= 0.6 is 11.3 Å². The Kier molecular flexibility index (Phi) is 2.86. The summed E-state index contributed by atoms with van der Waals surface area (Å²) >= 11 is 1.70. The van der Waals surface area contributed by atoms with Crippen molar-refractivity contribution in [1.82, 2.24) is 9.88 Å². The summed E-state index contributed by atoms with van der Waals surface area (Å²) in [7, 11) is 2.14. The second-order valence-electron chi connectivity index (χ2n) is 5.00. The third kappa shape index (κ3) is 2.20. The van der Waals surface area contributed by atoms with Gasteiger partial charge in [0.1, 0.15) is 4.83 Å². The molecule has 1 saturated heterocycles.